The number of nitrogens with zero attached hydrogens (tertiary/aromatic N) is 8. The molecule has 7 aromatic rings. The molecule has 0 bridgehead atoms. The molecule has 7 N–H and O–H groups in total. The summed E-state index contributed by atoms with van der Waals surface area (Å²) < 4.78 is 87.2. The van der Waals surface area contributed by atoms with Gasteiger partial charge in [0.2, 0.25) is 20.4 Å². The van der Waals surface area contributed by atoms with Crippen molar-refractivity contribution in [2.75, 3.05) is 57.8 Å². The maximum Gasteiger partial charge on any atom is 0.456 e. The van der Waals surface area contributed by atoms with Crippen molar-refractivity contribution < 1.29 is 72.3 Å². The van der Waals surface area contributed by atoms with Gasteiger partial charge in [-0.25, -0.2) is 34.5 Å². The van der Waals surface area contributed by atoms with Crippen molar-refractivity contribution in [3.05, 3.63) is 79.9 Å². The fraction of sp³-hybridized carbons (Fsp3) is 0.231. The van der Waals surface area contributed by atoms with E-state index in [2.05, 4.69) is 36.3 Å². The molecule has 27 heteroatoms. The molecule has 4 aromatic heterocycles. The van der Waals surface area contributed by atoms with Crippen molar-refractivity contribution in [2.24, 2.45) is 0 Å². The van der Waals surface area contributed by atoms with Crippen LogP contribution in [-0.2, 0) is 31.7 Å². The Balaban J connectivity index is 0.000000177. The molecule has 0 saturated carbocycles. The maximum absolute atomic E-state index is 13.8. The zero-order valence-corrected chi connectivity index (χ0v) is 36.1. The van der Waals surface area contributed by atoms with Gasteiger partial charge in [0.05, 0.1) is 25.9 Å². The van der Waals surface area contributed by atoms with E-state index in [1.807, 2.05) is 0 Å². The van der Waals surface area contributed by atoms with Crippen molar-refractivity contribution in [3.8, 4) is 64.6 Å². The number of imidazole rings is 2. The van der Waals surface area contributed by atoms with Gasteiger partial charge in [-0.15, -0.1) is 12.8 Å². The number of nitrogen functional groups attached to an aromatic ring is 2. The lowest BCUT2D eigenvalue weighted by Crippen LogP contribution is -2.11. The number of phenolic OH excluding ortho intramolecular Hbond substituents is 1. The summed E-state index contributed by atoms with van der Waals surface area (Å²) in [6, 6.07) is 14.5. The van der Waals surface area contributed by atoms with Crippen molar-refractivity contribution >= 4 is 49.2 Å². The van der Waals surface area contributed by atoms with Crippen molar-refractivity contribution in [3.63, 3.8) is 0 Å². The number of hydrogen-bond donors (Lipinski definition) is 5. The van der Waals surface area contributed by atoms with Gasteiger partial charge in [0, 0.05) is 31.3 Å². The van der Waals surface area contributed by atoms with E-state index in [-0.39, 0.29) is 63.0 Å². The highest BCUT2D eigenvalue weighted by Gasteiger charge is 2.31. The van der Waals surface area contributed by atoms with Crippen LogP contribution in [0.15, 0.2) is 79.9 Å². The molecule has 0 spiro atoms. The van der Waals surface area contributed by atoms with Crippen LogP contribution in [0.1, 0.15) is 1.37 Å². The van der Waals surface area contributed by atoms with Crippen LogP contribution in [-0.4, -0.2) is 100 Å². The van der Waals surface area contributed by atoms with E-state index >= 15 is 0 Å². The topological polar surface area (TPSA) is 326 Å². The lowest BCUT2D eigenvalue weighted by molar-refractivity contribution is 0.149. The first-order chi connectivity index (χ1) is 32.3. The molecule has 346 valence electrons. The molecular weight excluding hydrogens is 910 g/mol. The Kier molecular flexibility index (Phi) is 14.3. The summed E-state index contributed by atoms with van der Waals surface area (Å²) >= 11 is 0. The van der Waals surface area contributed by atoms with E-state index in [0.717, 1.165) is 0 Å². The van der Waals surface area contributed by atoms with Crippen LogP contribution in [0.25, 0.3) is 22.3 Å². The van der Waals surface area contributed by atoms with Crippen molar-refractivity contribution in [1.82, 2.24) is 39.0 Å². The molecule has 7 heterocycles. The smallest absolute Gasteiger partial charge is 0.456 e. The summed E-state index contributed by atoms with van der Waals surface area (Å²) in [6.07, 6.45) is 10.6. The van der Waals surface area contributed by atoms with Gasteiger partial charge in [-0.1, -0.05) is 0 Å². The molecule has 3 aliphatic rings. The highest BCUT2D eigenvalue weighted by Crippen LogP contribution is 2.51. The van der Waals surface area contributed by atoms with Crippen LogP contribution in [0.3, 0.4) is 0 Å². The number of nitrogens with two attached hydrogens (primary N) is 2. The number of aromatic nitrogens is 8. The number of phenols is 1. The molecule has 0 radical (unpaired) electrons. The lowest BCUT2D eigenvalue weighted by Gasteiger charge is -2.20. The Labute approximate surface area is 375 Å². The van der Waals surface area contributed by atoms with Gasteiger partial charge in [0.15, 0.2) is 63.8 Å². The second-order valence-electron chi connectivity index (χ2n) is 13.3. The quantitative estimate of drug-likeness (QED) is 0.0581. The fourth-order valence-electron chi connectivity index (χ4n) is 5.96. The number of rotatable bonds is 14. The number of benzene rings is 3. The van der Waals surface area contributed by atoms with E-state index < -0.39 is 21.5 Å². The Morgan fingerprint density at radius 3 is 1.53 bits per heavy atom. The average molecular weight is 952 g/mol. The van der Waals surface area contributed by atoms with Gasteiger partial charge < -0.3 is 82.4 Å². The molecule has 0 amide bonds. The van der Waals surface area contributed by atoms with Gasteiger partial charge in [0.25, 0.3) is 0 Å². The van der Waals surface area contributed by atoms with E-state index in [4.69, 9.17) is 74.7 Å². The maximum atomic E-state index is 13.8. The Bertz CT molecular complexity index is 2900. The van der Waals surface area contributed by atoms with Crippen molar-refractivity contribution in [2.45, 2.75) is 13.1 Å². The van der Waals surface area contributed by atoms with Crippen LogP contribution in [0.5, 0.6) is 51.7 Å². The van der Waals surface area contributed by atoms with E-state index in [0.29, 0.717) is 75.7 Å². The molecule has 66 heavy (non-hydrogen) atoms. The predicted molar refractivity (Wildman–Crippen MR) is 231 cm³/mol. The molecule has 3 aliphatic heterocycles. The number of anilines is 2. The highest BCUT2D eigenvalue weighted by molar-refractivity contribution is 7.54. The number of hydrogen-bond acceptors (Lipinski definition) is 21. The Morgan fingerprint density at radius 2 is 1.06 bits per heavy atom. The van der Waals surface area contributed by atoms with Gasteiger partial charge in [-0.3, -0.25) is 4.57 Å². The molecule has 0 aliphatic carbocycles. The number of fused-ring (bicyclic) bond motifs is 5. The van der Waals surface area contributed by atoms with Gasteiger partial charge in [0.1, 0.15) is 48.7 Å². The van der Waals surface area contributed by atoms with Gasteiger partial charge in [-0.05, 0) is 36.4 Å². The molecule has 0 unspecified atom stereocenters. The first kappa shape index (κ1) is 45.0. The van der Waals surface area contributed by atoms with Crippen LogP contribution in [0, 0.1) is 12.8 Å². The summed E-state index contributed by atoms with van der Waals surface area (Å²) in [5.74, 6) is 4.74. The number of aromatic hydroxyl groups is 1. The van der Waals surface area contributed by atoms with Crippen LogP contribution >= 0.6 is 15.2 Å². The molecule has 0 atom stereocenters. The zero-order chi connectivity index (χ0) is 47.4. The van der Waals surface area contributed by atoms with Gasteiger partial charge in [-0.2, -0.15) is 0 Å². The molecule has 0 fully saturated rings. The largest absolute Gasteiger partial charge is 0.508 e. The minimum atomic E-state index is -4.12. The van der Waals surface area contributed by atoms with Gasteiger partial charge >= 0.3 is 15.2 Å². The summed E-state index contributed by atoms with van der Waals surface area (Å²) in [6.45, 7) is 1.51. The number of terminal acetylenes is 1. The summed E-state index contributed by atoms with van der Waals surface area (Å²) in [5.41, 5.74) is 13.6. The lowest BCUT2D eigenvalue weighted by atomic mass is 10.3. The van der Waals surface area contributed by atoms with Crippen LogP contribution in [0.2, 0.25) is 0 Å². The fourth-order valence-corrected chi connectivity index (χ4v) is 7.69. The van der Waals surface area contributed by atoms with E-state index in [1.165, 1.54) is 31.4 Å². The molecule has 25 nitrogen and oxygen atoms in total. The van der Waals surface area contributed by atoms with E-state index in [9.17, 15) is 9.13 Å². The minimum absolute atomic E-state index is 0.104. The third-order valence-corrected chi connectivity index (χ3v) is 10.8. The van der Waals surface area contributed by atoms with Crippen LogP contribution in [0.4, 0.5) is 11.6 Å². The summed E-state index contributed by atoms with van der Waals surface area (Å²) in [4.78, 5) is 41.5. The molecule has 0 saturated heterocycles. The Morgan fingerprint density at radius 1 is 0.636 bits per heavy atom. The average Bonchev–Trinajstić information content (AvgIpc) is 4.16. The van der Waals surface area contributed by atoms with E-state index in [1.54, 1.807) is 64.0 Å². The van der Waals surface area contributed by atoms with Crippen molar-refractivity contribution in [1.29, 1.82) is 0 Å². The molecule has 10 rings (SSSR count). The first-order valence-electron chi connectivity index (χ1n) is 19.6. The third kappa shape index (κ3) is 11.8. The zero-order valence-electron chi connectivity index (χ0n) is 35.3. The SMILES string of the molecule is Nc1ncnc2c1ncn2CCOCP(=O)(O)O.Nc1ncnc2c1ncn2CCOCP(=O)(Oc1ccc2c(c1)OCO2)Oc1ccc2c(c1)OCO2.Oc1ccc2c(c1)OCO2.[2H]C#C. The normalized spacial score (nSPS) is 13.0. The predicted octanol–water partition coefficient (Wildman–Crippen LogP) is 4.12. The monoisotopic (exact) mass is 951 g/mol. The number of ether oxygens (including phenoxy) is 8. The second kappa shape index (κ2) is 20.9. The molecule has 3 aromatic carbocycles. The Hall–Kier alpha value is -7.58. The van der Waals surface area contributed by atoms with Crippen LogP contribution < -0.4 is 48.9 Å². The third-order valence-electron chi connectivity index (χ3n) is 8.85. The second-order valence-corrected chi connectivity index (χ2v) is 16.8. The molecular formula is C39H40N10O15P2. The standard InChI is InChI=1S/C22H20N5O8P.C8H12N5O4P.C7H6O3.C2H2/c23-21-20-22(25-9-24-21)27(10-26-20)5-6-29-13-36(28,34-14-1-3-16-18(7-14)32-11-30-16)35-15-2-4-17-19(8-15)33-12-31-17;9-7-6-8(11-3-10-7)13(4-12-6)1-2-17-5-18(14,15)16;8-5-1-2-6-7(3-5)10-4-9-6;1-2/h1-4,7-10H,5-6,11-13H2,(H2,23,24,25);3-4H,1-2,5H2,(H2,9,10,11)(H2,14,15,16);1-3,8H,4H2;1-2H/i;;;1D. The first-order valence-corrected chi connectivity index (χ1v) is 22.6. The minimum Gasteiger partial charge on any atom is -0.508 e. The summed E-state index contributed by atoms with van der Waals surface area (Å²) in [5, 5.41) is 8.96. The summed E-state index contributed by atoms with van der Waals surface area (Å²) in [7, 11) is -7.98. The highest BCUT2D eigenvalue weighted by atomic mass is 31.2.